The molecule has 1 aromatic rings. The van der Waals surface area contributed by atoms with Crippen molar-refractivity contribution in [3.8, 4) is 0 Å². The molecule has 0 bridgehead atoms. The molecule has 0 saturated carbocycles. The van der Waals surface area contributed by atoms with Crippen LogP contribution in [0.2, 0.25) is 0 Å². The van der Waals surface area contributed by atoms with Crippen molar-refractivity contribution in [1.82, 2.24) is 4.90 Å². The van der Waals surface area contributed by atoms with Crippen LogP contribution in [-0.2, 0) is 11.2 Å². The molecule has 2 nitrogen and oxygen atoms in total. The first-order valence-corrected chi connectivity index (χ1v) is 7.13. The van der Waals surface area contributed by atoms with Crippen LogP contribution in [0, 0.1) is 12.8 Å². The van der Waals surface area contributed by atoms with E-state index >= 15 is 0 Å². The molecular formula is C17H27NO. The van der Waals surface area contributed by atoms with Gasteiger partial charge in [0.1, 0.15) is 5.78 Å². The molecule has 0 spiro atoms. The van der Waals surface area contributed by atoms with Gasteiger partial charge < -0.3 is 0 Å². The number of benzene rings is 1. The van der Waals surface area contributed by atoms with Crippen LogP contribution in [0.25, 0.3) is 0 Å². The molecule has 0 aliphatic heterocycles. The first kappa shape index (κ1) is 15.9. The van der Waals surface area contributed by atoms with Crippen LogP contribution in [0.5, 0.6) is 0 Å². The predicted molar refractivity (Wildman–Crippen MR) is 81.4 cm³/mol. The molecule has 2 heteroatoms. The summed E-state index contributed by atoms with van der Waals surface area (Å²) >= 11 is 0. The lowest BCUT2D eigenvalue weighted by Gasteiger charge is -2.24. The van der Waals surface area contributed by atoms with Gasteiger partial charge in [-0.05, 0) is 64.3 Å². The number of carbonyl (C=O) groups excluding carboxylic acids is 1. The van der Waals surface area contributed by atoms with Gasteiger partial charge in [0.25, 0.3) is 0 Å². The van der Waals surface area contributed by atoms with Crippen molar-refractivity contribution in [3.63, 3.8) is 0 Å². The molecule has 2 atom stereocenters. The molecule has 0 N–H and O–H groups in total. The summed E-state index contributed by atoms with van der Waals surface area (Å²) in [6.45, 7) is 6.11. The Morgan fingerprint density at radius 3 is 2.42 bits per heavy atom. The summed E-state index contributed by atoms with van der Waals surface area (Å²) in [7, 11) is 3.97. The van der Waals surface area contributed by atoms with E-state index in [1.165, 1.54) is 11.1 Å². The number of ketones is 1. The number of Topliss-reactive ketones (excluding diaryl/α,β-unsaturated/α-hetero) is 1. The van der Waals surface area contributed by atoms with Crippen molar-refractivity contribution in [3.05, 3.63) is 35.4 Å². The quantitative estimate of drug-likeness (QED) is 0.749. The number of likely N-dealkylation sites (N-methyl/N-ethyl adjacent to an activating group) is 1. The third-order valence-electron chi connectivity index (χ3n) is 3.89. The molecule has 0 aromatic heterocycles. The molecule has 0 radical (unpaired) electrons. The molecule has 1 aromatic carbocycles. The minimum Gasteiger partial charge on any atom is -0.300 e. The molecule has 106 valence electrons. The second-order valence-electron chi connectivity index (χ2n) is 5.90. The average molecular weight is 261 g/mol. The molecule has 0 heterocycles. The Morgan fingerprint density at radius 2 is 1.89 bits per heavy atom. The van der Waals surface area contributed by atoms with Crippen LogP contribution in [0.1, 0.15) is 37.8 Å². The van der Waals surface area contributed by atoms with Crippen molar-refractivity contribution < 1.29 is 4.79 Å². The second kappa shape index (κ2) is 7.44. The molecule has 19 heavy (non-hydrogen) atoms. The zero-order chi connectivity index (χ0) is 14.4. The summed E-state index contributed by atoms with van der Waals surface area (Å²) in [5.41, 5.74) is 2.80. The summed E-state index contributed by atoms with van der Waals surface area (Å²) in [5, 5.41) is 0. The normalized spacial score (nSPS) is 14.4. The molecule has 0 unspecified atom stereocenters. The van der Waals surface area contributed by atoms with Gasteiger partial charge in [0.2, 0.25) is 0 Å². The Morgan fingerprint density at radius 1 is 1.26 bits per heavy atom. The lowest BCUT2D eigenvalue weighted by molar-refractivity contribution is -0.121. The Balaban J connectivity index is 2.49. The van der Waals surface area contributed by atoms with Crippen molar-refractivity contribution in [1.29, 1.82) is 0 Å². The monoisotopic (exact) mass is 261 g/mol. The minimum absolute atomic E-state index is 0.0619. The molecular weight excluding hydrogens is 234 g/mol. The van der Waals surface area contributed by atoms with E-state index < -0.39 is 0 Å². The van der Waals surface area contributed by atoms with E-state index in [-0.39, 0.29) is 11.8 Å². The van der Waals surface area contributed by atoms with Crippen molar-refractivity contribution >= 4 is 5.78 Å². The highest BCUT2D eigenvalue weighted by molar-refractivity contribution is 5.81. The topological polar surface area (TPSA) is 20.3 Å². The SMILES string of the molecule is CC(=O)[C@H](C[C@H](C)CCc1ccccc1C)N(C)C. The number of carbonyl (C=O) groups is 1. The number of nitrogens with zero attached hydrogens (tertiary/aromatic N) is 1. The maximum Gasteiger partial charge on any atom is 0.146 e. The van der Waals surface area contributed by atoms with Gasteiger partial charge in [-0.1, -0.05) is 31.2 Å². The minimum atomic E-state index is 0.0619. The maximum atomic E-state index is 11.6. The van der Waals surface area contributed by atoms with E-state index in [2.05, 4.69) is 38.1 Å². The first-order valence-electron chi connectivity index (χ1n) is 7.13. The van der Waals surface area contributed by atoms with Gasteiger partial charge in [-0.3, -0.25) is 9.69 Å². The van der Waals surface area contributed by atoms with Crippen LogP contribution in [0.4, 0.5) is 0 Å². The highest BCUT2D eigenvalue weighted by Gasteiger charge is 2.19. The maximum absolute atomic E-state index is 11.6. The van der Waals surface area contributed by atoms with Crippen LogP contribution in [0.3, 0.4) is 0 Å². The second-order valence-corrected chi connectivity index (χ2v) is 5.90. The van der Waals surface area contributed by atoms with E-state index in [9.17, 15) is 4.79 Å². The average Bonchev–Trinajstić information content (AvgIpc) is 2.34. The zero-order valence-corrected chi connectivity index (χ0v) is 12.9. The van der Waals surface area contributed by atoms with E-state index in [0.29, 0.717) is 5.92 Å². The van der Waals surface area contributed by atoms with E-state index in [1.54, 1.807) is 6.92 Å². The fraction of sp³-hybridized carbons (Fsp3) is 0.588. The number of aryl methyl sites for hydroxylation is 2. The Bertz CT molecular complexity index is 411. The summed E-state index contributed by atoms with van der Waals surface area (Å²) in [4.78, 5) is 13.6. The summed E-state index contributed by atoms with van der Waals surface area (Å²) in [5.74, 6) is 0.837. The molecule has 0 saturated heterocycles. The molecule has 0 aliphatic carbocycles. The largest absolute Gasteiger partial charge is 0.300 e. The molecule has 0 aliphatic rings. The van der Waals surface area contributed by atoms with Gasteiger partial charge in [-0.2, -0.15) is 0 Å². The summed E-state index contributed by atoms with van der Waals surface area (Å²) in [6.07, 6.45) is 3.20. The van der Waals surface area contributed by atoms with Crippen LogP contribution >= 0.6 is 0 Å². The Kier molecular flexibility index (Phi) is 6.23. The molecule has 0 fully saturated rings. The fourth-order valence-corrected chi connectivity index (χ4v) is 2.53. The third kappa shape index (κ3) is 5.15. The van der Waals surface area contributed by atoms with Crippen LogP contribution in [-0.4, -0.2) is 30.8 Å². The van der Waals surface area contributed by atoms with Gasteiger partial charge in [-0.25, -0.2) is 0 Å². The van der Waals surface area contributed by atoms with E-state index in [0.717, 1.165) is 19.3 Å². The van der Waals surface area contributed by atoms with Gasteiger partial charge >= 0.3 is 0 Å². The van der Waals surface area contributed by atoms with Gasteiger partial charge in [0.05, 0.1) is 6.04 Å². The Hall–Kier alpha value is -1.15. The van der Waals surface area contributed by atoms with Crippen LogP contribution < -0.4 is 0 Å². The van der Waals surface area contributed by atoms with Crippen molar-refractivity contribution in [2.45, 2.75) is 46.1 Å². The number of rotatable bonds is 7. The van der Waals surface area contributed by atoms with Crippen LogP contribution in [0.15, 0.2) is 24.3 Å². The number of hydrogen-bond acceptors (Lipinski definition) is 2. The highest BCUT2D eigenvalue weighted by atomic mass is 16.1. The molecule has 1 rings (SSSR count). The zero-order valence-electron chi connectivity index (χ0n) is 12.9. The van der Waals surface area contributed by atoms with E-state index in [4.69, 9.17) is 0 Å². The lowest BCUT2D eigenvalue weighted by atomic mass is 9.92. The smallest absolute Gasteiger partial charge is 0.146 e. The third-order valence-corrected chi connectivity index (χ3v) is 3.89. The van der Waals surface area contributed by atoms with Crippen molar-refractivity contribution in [2.24, 2.45) is 5.92 Å². The van der Waals surface area contributed by atoms with E-state index in [1.807, 2.05) is 19.0 Å². The highest BCUT2D eigenvalue weighted by Crippen LogP contribution is 2.18. The Labute approximate surface area is 117 Å². The fourth-order valence-electron chi connectivity index (χ4n) is 2.53. The molecule has 0 amide bonds. The predicted octanol–water partition coefficient (Wildman–Crippen LogP) is 3.47. The number of hydrogen-bond donors (Lipinski definition) is 0. The van der Waals surface area contributed by atoms with Gasteiger partial charge in [0, 0.05) is 0 Å². The summed E-state index contributed by atoms with van der Waals surface area (Å²) < 4.78 is 0. The summed E-state index contributed by atoms with van der Waals surface area (Å²) in [6, 6.07) is 8.62. The first-order chi connectivity index (χ1) is 8.91. The lowest BCUT2D eigenvalue weighted by Crippen LogP contribution is -2.35. The standard InChI is InChI=1S/C17H27NO/c1-13(12-17(15(3)19)18(4)5)10-11-16-9-7-6-8-14(16)2/h6-9,13,17H,10-12H2,1-5H3/t13-,17+/m1/s1. The van der Waals surface area contributed by atoms with Gasteiger partial charge in [-0.15, -0.1) is 0 Å². The van der Waals surface area contributed by atoms with Crippen molar-refractivity contribution in [2.75, 3.05) is 14.1 Å². The van der Waals surface area contributed by atoms with Gasteiger partial charge in [0.15, 0.2) is 0 Å².